The van der Waals surface area contributed by atoms with Gasteiger partial charge in [-0.3, -0.25) is 0 Å². The maximum atomic E-state index is 10.5. The van der Waals surface area contributed by atoms with Gasteiger partial charge in [0.2, 0.25) is 0 Å². The van der Waals surface area contributed by atoms with E-state index in [1.807, 2.05) is 13.8 Å². The van der Waals surface area contributed by atoms with Gasteiger partial charge in [-0.1, -0.05) is 123 Å². The second kappa shape index (κ2) is 12.9. The monoisotopic (exact) mass is 648 g/mol. The van der Waals surface area contributed by atoms with E-state index in [9.17, 15) is 5.11 Å². The number of ether oxygens (including phenoxy) is 2. The lowest BCUT2D eigenvalue weighted by Gasteiger charge is -2.46. The summed E-state index contributed by atoms with van der Waals surface area (Å²) in [5.74, 6) is -0.604. The van der Waals surface area contributed by atoms with Crippen molar-refractivity contribution >= 4 is 41.3 Å². The molecule has 208 valence electrons. The van der Waals surface area contributed by atoms with Crippen molar-refractivity contribution in [3.63, 3.8) is 0 Å². The third-order valence-corrected chi connectivity index (χ3v) is 13.1. The molecular formula is C32H45IO4Si. The highest BCUT2D eigenvalue weighted by molar-refractivity contribution is 14.1. The molecule has 0 spiro atoms. The molecule has 1 N–H and O–H groups in total. The first kappa shape index (κ1) is 31.2. The Hall–Kier alpha value is -1.29. The Bertz CT molecular complexity index is 1050. The molecule has 1 aliphatic heterocycles. The van der Waals surface area contributed by atoms with Gasteiger partial charge in [-0.25, -0.2) is 0 Å². The third-order valence-electron chi connectivity index (χ3n) is 7.79. The van der Waals surface area contributed by atoms with Crippen LogP contribution in [0.25, 0.3) is 0 Å². The predicted octanol–water partition coefficient (Wildman–Crippen LogP) is 6.76. The van der Waals surface area contributed by atoms with Gasteiger partial charge < -0.3 is 19.0 Å². The van der Waals surface area contributed by atoms with Crippen LogP contribution in [0, 0.1) is 5.41 Å². The fraction of sp³-hybridized carbons (Fsp3) is 0.500. The zero-order valence-corrected chi connectivity index (χ0v) is 27.2. The topological polar surface area (TPSA) is 47.9 Å². The van der Waals surface area contributed by atoms with Crippen molar-refractivity contribution < 1.29 is 19.0 Å². The lowest BCUT2D eigenvalue weighted by molar-refractivity contribution is -0.306. The lowest BCUT2D eigenvalue weighted by atomic mass is 9.81. The third kappa shape index (κ3) is 7.07. The molecule has 6 heteroatoms. The van der Waals surface area contributed by atoms with Gasteiger partial charge in [0.05, 0.1) is 25.9 Å². The highest BCUT2D eigenvalue weighted by Crippen LogP contribution is 2.40. The fourth-order valence-corrected chi connectivity index (χ4v) is 10.8. The van der Waals surface area contributed by atoms with Gasteiger partial charge in [-0.05, 0) is 58.7 Å². The van der Waals surface area contributed by atoms with Gasteiger partial charge in [-0.2, -0.15) is 0 Å². The molecule has 0 unspecified atom stereocenters. The minimum absolute atomic E-state index is 0.0183. The maximum Gasteiger partial charge on any atom is 0.261 e. The van der Waals surface area contributed by atoms with Gasteiger partial charge in [-0.15, -0.1) is 0 Å². The van der Waals surface area contributed by atoms with Crippen LogP contribution < -0.4 is 10.4 Å². The van der Waals surface area contributed by atoms with E-state index in [4.69, 9.17) is 13.9 Å². The summed E-state index contributed by atoms with van der Waals surface area (Å²) in [6.45, 7) is 16.1. The minimum atomic E-state index is -2.68. The second-order valence-corrected chi connectivity index (χ2v) is 17.2. The van der Waals surface area contributed by atoms with Crippen molar-refractivity contribution in [1.82, 2.24) is 0 Å². The molecule has 1 saturated heterocycles. The van der Waals surface area contributed by atoms with Crippen LogP contribution in [0.5, 0.6) is 0 Å². The largest absolute Gasteiger partial charge is 0.403 e. The van der Waals surface area contributed by atoms with Crippen molar-refractivity contribution in [2.24, 2.45) is 5.41 Å². The highest BCUT2D eigenvalue weighted by Gasteiger charge is 2.50. The molecule has 2 aromatic carbocycles. The summed E-state index contributed by atoms with van der Waals surface area (Å²) in [6, 6.07) is 21.3. The summed E-state index contributed by atoms with van der Waals surface area (Å²) >= 11 is 2.26. The molecule has 38 heavy (non-hydrogen) atoms. The minimum Gasteiger partial charge on any atom is -0.403 e. The van der Waals surface area contributed by atoms with E-state index in [1.54, 1.807) is 0 Å². The smallest absolute Gasteiger partial charge is 0.261 e. The molecule has 2 aromatic rings. The first-order chi connectivity index (χ1) is 17.9. The van der Waals surface area contributed by atoms with E-state index in [1.165, 1.54) is 15.9 Å². The number of rotatable bonds is 10. The van der Waals surface area contributed by atoms with Gasteiger partial charge in [0.1, 0.15) is 0 Å². The first-order valence-electron chi connectivity index (χ1n) is 13.5. The van der Waals surface area contributed by atoms with Crippen LogP contribution in [0.15, 0.2) is 82.0 Å². The average molecular weight is 649 g/mol. The molecule has 0 amide bonds. The Balaban J connectivity index is 1.90. The van der Waals surface area contributed by atoms with E-state index >= 15 is 0 Å². The van der Waals surface area contributed by atoms with Crippen molar-refractivity contribution in [3.8, 4) is 0 Å². The van der Waals surface area contributed by atoms with Crippen LogP contribution in [0.2, 0.25) is 5.04 Å². The summed E-state index contributed by atoms with van der Waals surface area (Å²) in [5.41, 5.74) is 1.93. The molecule has 4 nitrogen and oxygen atoms in total. The maximum absolute atomic E-state index is 10.5. The van der Waals surface area contributed by atoms with Crippen LogP contribution >= 0.6 is 22.6 Å². The zero-order valence-electron chi connectivity index (χ0n) is 24.1. The van der Waals surface area contributed by atoms with Gasteiger partial charge >= 0.3 is 0 Å². The first-order valence-corrected chi connectivity index (χ1v) is 16.7. The fourth-order valence-electron chi connectivity index (χ4n) is 5.41. The van der Waals surface area contributed by atoms with E-state index < -0.39 is 14.1 Å². The summed E-state index contributed by atoms with van der Waals surface area (Å²) in [4.78, 5) is 0. The second-order valence-electron chi connectivity index (χ2n) is 12.1. The molecule has 0 aliphatic carbocycles. The lowest BCUT2D eigenvalue weighted by Crippen LogP contribution is -2.66. The Kier molecular flexibility index (Phi) is 10.6. The SMILES string of the molecule is C/C(CC[C@H]1OC(C)(C)OC[C@@]1(C)/C=C/I)=C(/CO)CO[Si](c1ccccc1)(c1ccccc1)C(C)(C)C. The summed E-state index contributed by atoms with van der Waals surface area (Å²) in [6.07, 6.45) is 3.88. The van der Waals surface area contributed by atoms with Crippen molar-refractivity contribution in [2.45, 2.75) is 78.2 Å². The Labute approximate surface area is 244 Å². The molecule has 1 fully saturated rings. The van der Waals surface area contributed by atoms with Crippen LogP contribution in [0.4, 0.5) is 0 Å². The van der Waals surface area contributed by atoms with Gasteiger partial charge in [0.15, 0.2) is 5.79 Å². The van der Waals surface area contributed by atoms with Crippen molar-refractivity contribution in [3.05, 3.63) is 82.0 Å². The molecule has 1 aliphatic rings. The molecule has 2 atom stereocenters. The molecule has 0 saturated carbocycles. The highest BCUT2D eigenvalue weighted by atomic mass is 127. The summed E-state index contributed by atoms with van der Waals surface area (Å²) in [5, 5.41) is 12.8. The number of aliphatic hydroxyl groups excluding tert-OH is 1. The molecule has 3 rings (SSSR count). The standard InChI is InChI=1S/C32H45IO4Si/c1-25(18-19-29-32(7,20-21-33)24-35-31(5,6)37-29)26(22-34)23-36-38(30(2,3)4,27-14-10-8-11-15-27)28-16-12-9-13-17-28/h8-17,20-21,29,34H,18-19,22-24H2,1-7H3/b21-20+,26-25+/t29-,32-/m1/s1. The van der Waals surface area contributed by atoms with Crippen LogP contribution in [0.3, 0.4) is 0 Å². The number of allylic oxidation sites excluding steroid dienone is 1. The zero-order chi connectivity index (χ0) is 28.0. The normalized spacial score (nSPS) is 22.9. The number of benzene rings is 2. The number of aliphatic hydroxyl groups is 1. The van der Waals surface area contributed by atoms with Crippen molar-refractivity contribution in [1.29, 1.82) is 0 Å². The number of hydrogen-bond donors (Lipinski definition) is 1. The van der Waals surface area contributed by atoms with Gasteiger partial charge in [0.25, 0.3) is 8.32 Å². The average Bonchev–Trinajstić information content (AvgIpc) is 2.88. The Morgan fingerprint density at radius 2 is 1.61 bits per heavy atom. The van der Waals surface area contributed by atoms with E-state index in [2.05, 4.69) is 128 Å². The van der Waals surface area contributed by atoms with Crippen LogP contribution in [-0.2, 0) is 13.9 Å². The summed E-state index contributed by atoms with van der Waals surface area (Å²) < 4.78 is 21.5. The molecule has 0 radical (unpaired) electrons. The molecule has 0 aromatic heterocycles. The Morgan fingerprint density at radius 1 is 1.05 bits per heavy atom. The quantitative estimate of drug-likeness (QED) is 0.176. The number of halogens is 1. The molecular weight excluding hydrogens is 603 g/mol. The predicted molar refractivity (Wildman–Crippen MR) is 169 cm³/mol. The molecule has 0 bridgehead atoms. The Morgan fingerprint density at radius 3 is 2.08 bits per heavy atom. The van der Waals surface area contributed by atoms with Crippen LogP contribution in [-0.4, -0.2) is 45.1 Å². The van der Waals surface area contributed by atoms with Gasteiger partial charge in [0, 0.05) is 5.41 Å². The van der Waals surface area contributed by atoms with Crippen molar-refractivity contribution in [2.75, 3.05) is 19.8 Å². The molecule has 1 heterocycles. The summed E-state index contributed by atoms with van der Waals surface area (Å²) in [7, 11) is -2.68. The van der Waals surface area contributed by atoms with E-state index in [0.717, 1.165) is 18.4 Å². The van der Waals surface area contributed by atoms with E-state index in [-0.39, 0.29) is 23.2 Å². The van der Waals surface area contributed by atoms with E-state index in [0.29, 0.717) is 13.2 Å². The number of hydrogen-bond acceptors (Lipinski definition) is 4. The van der Waals surface area contributed by atoms with Crippen LogP contribution in [0.1, 0.15) is 61.3 Å².